The van der Waals surface area contributed by atoms with Gasteiger partial charge in [0.2, 0.25) is 15.9 Å². The lowest BCUT2D eigenvalue weighted by molar-refractivity contribution is 0.428. The number of fused-ring (bicyclic) bond motifs is 1. The van der Waals surface area contributed by atoms with Crippen molar-refractivity contribution in [2.24, 2.45) is 11.8 Å². The van der Waals surface area contributed by atoms with Crippen molar-refractivity contribution in [1.29, 1.82) is 0 Å². The molecule has 2 fully saturated rings. The number of rotatable bonds is 8. The molecule has 186 valence electrons. The summed E-state index contributed by atoms with van der Waals surface area (Å²) in [5, 5.41) is 11.4. The third kappa shape index (κ3) is 4.86. The number of nitrogens with one attached hydrogen (secondary N) is 2. The Morgan fingerprint density at radius 1 is 1.14 bits per heavy atom. The molecule has 35 heavy (non-hydrogen) atoms. The normalized spacial score (nSPS) is 22.0. The lowest BCUT2D eigenvalue weighted by atomic mass is 9.98. The summed E-state index contributed by atoms with van der Waals surface area (Å²) in [6.45, 7) is 3.93. The van der Waals surface area contributed by atoms with E-state index in [9.17, 15) is 8.42 Å². The quantitative estimate of drug-likeness (QED) is 0.418. The van der Waals surface area contributed by atoms with Crippen LogP contribution in [0, 0.1) is 11.8 Å². The van der Waals surface area contributed by atoms with E-state index in [2.05, 4.69) is 30.1 Å². The minimum atomic E-state index is -3.24. The average molecular weight is 499 g/mol. The van der Waals surface area contributed by atoms with Crippen LogP contribution in [-0.2, 0) is 16.6 Å². The van der Waals surface area contributed by atoms with Crippen molar-refractivity contribution in [1.82, 2.24) is 30.2 Å². The zero-order valence-corrected chi connectivity index (χ0v) is 20.6. The van der Waals surface area contributed by atoms with Gasteiger partial charge in [0, 0.05) is 31.2 Å². The number of hydrogen-bond acceptors (Lipinski definition) is 10. The fraction of sp³-hybridized carbons (Fsp3) is 0.478. The zero-order valence-electron chi connectivity index (χ0n) is 19.8. The molecule has 1 saturated heterocycles. The molecule has 0 spiro atoms. The molecule has 3 heterocycles. The summed E-state index contributed by atoms with van der Waals surface area (Å²) in [5.41, 5.74) is 8.41. The number of anilines is 2. The standard InChI is InChI=1S/C23H30N8O3S/c1-3-35(32,33)30-18-9-8-16-12-31(13-17(16)18)19-11-26-21(24)20(27-19)23-29-28-22(34-23)15-6-4-14(5-7-15)10-25-2/h4-7,11,16-18,25,30H,3,8-10,12-13H2,1-2H3,(H2,24,26). The van der Waals surface area contributed by atoms with Crippen molar-refractivity contribution in [2.45, 2.75) is 32.4 Å². The van der Waals surface area contributed by atoms with Gasteiger partial charge in [-0.25, -0.2) is 23.1 Å². The van der Waals surface area contributed by atoms with E-state index in [1.165, 1.54) is 0 Å². The number of sulfonamides is 1. The van der Waals surface area contributed by atoms with Crippen LogP contribution in [0.5, 0.6) is 0 Å². The van der Waals surface area contributed by atoms with Crippen LogP contribution >= 0.6 is 0 Å². The van der Waals surface area contributed by atoms with Crippen LogP contribution in [0.3, 0.4) is 0 Å². The molecule has 2 aliphatic rings. The maximum absolute atomic E-state index is 12.1. The Hall–Kier alpha value is -3.09. The molecule has 11 nitrogen and oxygen atoms in total. The Balaban J connectivity index is 1.34. The Labute approximate surface area is 204 Å². The molecule has 3 atom stereocenters. The molecule has 1 aliphatic carbocycles. The number of benzene rings is 1. The summed E-state index contributed by atoms with van der Waals surface area (Å²) in [4.78, 5) is 11.2. The first-order chi connectivity index (χ1) is 16.9. The second kappa shape index (κ2) is 9.51. The Morgan fingerprint density at radius 3 is 2.66 bits per heavy atom. The van der Waals surface area contributed by atoms with E-state index in [1.54, 1.807) is 13.1 Å². The number of aromatic nitrogens is 4. The largest absolute Gasteiger partial charge is 0.414 e. The lowest BCUT2D eigenvalue weighted by Crippen LogP contribution is -2.40. The summed E-state index contributed by atoms with van der Waals surface area (Å²) >= 11 is 0. The van der Waals surface area contributed by atoms with E-state index >= 15 is 0 Å². The predicted octanol–water partition coefficient (Wildman–Crippen LogP) is 1.65. The van der Waals surface area contributed by atoms with Gasteiger partial charge in [0.05, 0.1) is 11.9 Å². The zero-order chi connectivity index (χ0) is 24.6. The second-order valence-corrected chi connectivity index (χ2v) is 11.2. The van der Waals surface area contributed by atoms with Crippen LogP contribution in [-0.4, -0.2) is 60.5 Å². The van der Waals surface area contributed by atoms with Crippen LogP contribution in [0.4, 0.5) is 11.6 Å². The maximum Gasteiger partial charge on any atom is 0.270 e. The van der Waals surface area contributed by atoms with Gasteiger partial charge in [0.15, 0.2) is 11.5 Å². The second-order valence-electron chi connectivity index (χ2n) is 9.14. The van der Waals surface area contributed by atoms with Crippen LogP contribution in [0.15, 0.2) is 34.9 Å². The number of hydrogen-bond donors (Lipinski definition) is 3. The van der Waals surface area contributed by atoms with E-state index in [-0.39, 0.29) is 29.4 Å². The SMILES string of the molecule is CCS(=O)(=O)NC1CCC2CN(c3cnc(N)c(-c4nnc(-c5ccc(CNC)cc5)o4)n3)CC21. The fourth-order valence-corrected chi connectivity index (χ4v) is 5.94. The van der Waals surface area contributed by atoms with Crippen molar-refractivity contribution in [2.75, 3.05) is 36.5 Å². The third-order valence-corrected chi connectivity index (χ3v) is 8.31. The van der Waals surface area contributed by atoms with Gasteiger partial charge < -0.3 is 20.4 Å². The third-order valence-electron chi connectivity index (χ3n) is 6.89. The van der Waals surface area contributed by atoms with Crippen LogP contribution in [0.25, 0.3) is 23.0 Å². The summed E-state index contributed by atoms with van der Waals surface area (Å²) in [7, 11) is -1.34. The summed E-state index contributed by atoms with van der Waals surface area (Å²) < 4.78 is 33.0. The minimum absolute atomic E-state index is 0.0471. The van der Waals surface area contributed by atoms with Gasteiger partial charge in [0.25, 0.3) is 5.89 Å². The monoisotopic (exact) mass is 498 g/mol. The Morgan fingerprint density at radius 2 is 1.91 bits per heavy atom. The highest BCUT2D eigenvalue weighted by Gasteiger charge is 2.44. The molecule has 1 aliphatic heterocycles. The Bertz CT molecular complexity index is 1290. The molecular weight excluding hydrogens is 468 g/mol. The Kier molecular flexibility index (Phi) is 6.43. The average Bonchev–Trinajstić information content (AvgIpc) is 3.58. The van der Waals surface area contributed by atoms with Gasteiger partial charge in [-0.1, -0.05) is 12.1 Å². The molecule has 4 N–H and O–H groups in total. The van der Waals surface area contributed by atoms with E-state index in [0.717, 1.165) is 37.1 Å². The summed E-state index contributed by atoms with van der Waals surface area (Å²) in [6.07, 6.45) is 3.48. The van der Waals surface area contributed by atoms with Gasteiger partial charge >= 0.3 is 0 Å². The minimum Gasteiger partial charge on any atom is -0.414 e. The first-order valence-electron chi connectivity index (χ1n) is 11.8. The van der Waals surface area contributed by atoms with E-state index < -0.39 is 10.0 Å². The van der Waals surface area contributed by atoms with Crippen molar-refractivity contribution < 1.29 is 12.8 Å². The highest BCUT2D eigenvalue weighted by molar-refractivity contribution is 7.89. The van der Waals surface area contributed by atoms with E-state index in [0.29, 0.717) is 29.9 Å². The van der Waals surface area contributed by atoms with Crippen LogP contribution in [0.2, 0.25) is 0 Å². The predicted molar refractivity (Wildman–Crippen MR) is 133 cm³/mol. The van der Waals surface area contributed by atoms with E-state index in [1.807, 2.05) is 31.3 Å². The molecule has 3 aromatic rings. The fourth-order valence-electron chi connectivity index (χ4n) is 5.02. The number of nitrogen functional groups attached to an aromatic ring is 1. The van der Waals surface area contributed by atoms with Gasteiger partial charge in [-0.05, 0) is 56.3 Å². The lowest BCUT2D eigenvalue weighted by Gasteiger charge is -2.22. The highest BCUT2D eigenvalue weighted by atomic mass is 32.2. The van der Waals surface area contributed by atoms with Gasteiger partial charge in [0.1, 0.15) is 5.82 Å². The topological polar surface area (TPSA) is 152 Å². The van der Waals surface area contributed by atoms with Crippen molar-refractivity contribution >= 4 is 21.7 Å². The molecule has 0 amide bonds. The van der Waals surface area contributed by atoms with Crippen LogP contribution in [0.1, 0.15) is 25.3 Å². The summed E-state index contributed by atoms with van der Waals surface area (Å²) in [5.74, 6) is 2.19. The van der Waals surface area contributed by atoms with Gasteiger partial charge in [-0.15, -0.1) is 10.2 Å². The molecule has 2 aromatic heterocycles. The molecule has 12 heteroatoms. The molecule has 0 radical (unpaired) electrons. The van der Waals surface area contributed by atoms with Crippen molar-refractivity contribution in [3.63, 3.8) is 0 Å². The molecule has 5 rings (SSSR count). The van der Waals surface area contributed by atoms with E-state index in [4.69, 9.17) is 15.1 Å². The smallest absolute Gasteiger partial charge is 0.270 e. The summed E-state index contributed by atoms with van der Waals surface area (Å²) in [6, 6.07) is 7.82. The molecule has 3 unspecified atom stereocenters. The number of nitrogens with two attached hydrogens (primary N) is 1. The molecule has 1 saturated carbocycles. The number of nitrogens with zero attached hydrogens (tertiary/aromatic N) is 5. The maximum atomic E-state index is 12.1. The van der Waals surface area contributed by atoms with Crippen molar-refractivity contribution in [3.05, 3.63) is 36.0 Å². The molecular formula is C23H30N8O3S. The van der Waals surface area contributed by atoms with Gasteiger partial charge in [-0.2, -0.15) is 0 Å². The highest BCUT2D eigenvalue weighted by Crippen LogP contribution is 2.40. The first kappa shape index (κ1) is 23.6. The van der Waals surface area contributed by atoms with Crippen LogP contribution < -0.4 is 20.7 Å². The molecule has 0 bridgehead atoms. The van der Waals surface area contributed by atoms with Gasteiger partial charge in [-0.3, -0.25) is 0 Å². The molecule has 1 aromatic carbocycles. The first-order valence-corrected chi connectivity index (χ1v) is 13.5. The van der Waals surface area contributed by atoms with Crippen molar-refractivity contribution in [3.8, 4) is 23.0 Å².